The summed E-state index contributed by atoms with van der Waals surface area (Å²) < 4.78 is 5.23. The van der Waals surface area contributed by atoms with Gasteiger partial charge in [-0.05, 0) is 35.9 Å². The van der Waals surface area contributed by atoms with Gasteiger partial charge in [0, 0.05) is 12.1 Å². The van der Waals surface area contributed by atoms with E-state index in [1.807, 2.05) is 6.07 Å². The van der Waals surface area contributed by atoms with Gasteiger partial charge in [0.1, 0.15) is 16.7 Å². The first kappa shape index (κ1) is 21.9. The van der Waals surface area contributed by atoms with E-state index in [1.54, 1.807) is 54.6 Å². The van der Waals surface area contributed by atoms with Gasteiger partial charge in [-0.15, -0.1) is 0 Å². The van der Waals surface area contributed by atoms with E-state index in [4.69, 9.17) is 21.2 Å². The van der Waals surface area contributed by atoms with E-state index in [0.29, 0.717) is 22.7 Å². The molecule has 0 aliphatic carbocycles. The molecule has 34 heavy (non-hydrogen) atoms. The number of benzene rings is 3. The van der Waals surface area contributed by atoms with E-state index >= 15 is 0 Å². The molecule has 0 N–H and O–H groups in total. The molecule has 2 aliphatic rings. The highest BCUT2D eigenvalue weighted by atomic mass is 35.5. The summed E-state index contributed by atoms with van der Waals surface area (Å²) in [4.78, 5) is 45.1. The number of halogens is 1. The molecule has 2 saturated heterocycles. The van der Waals surface area contributed by atoms with Crippen LogP contribution in [0.25, 0.3) is 0 Å². The Kier molecular flexibility index (Phi) is 5.43. The fraction of sp³-hybridized carbons (Fsp3) is 0.167. The van der Waals surface area contributed by atoms with Crippen molar-refractivity contribution in [3.63, 3.8) is 0 Å². The number of ether oxygens (including phenoxy) is 1. The van der Waals surface area contributed by atoms with Crippen molar-refractivity contribution in [1.82, 2.24) is 0 Å². The number of methoxy groups -OCH3 is 1. The molecule has 0 radical (unpaired) electrons. The van der Waals surface area contributed by atoms with E-state index in [-0.39, 0.29) is 10.7 Å². The first-order valence-electron chi connectivity index (χ1n) is 10.4. The Hall–Kier alpha value is -3.95. The maximum atomic E-state index is 13.6. The van der Waals surface area contributed by atoms with Crippen LogP contribution in [0.2, 0.25) is 5.02 Å². The van der Waals surface area contributed by atoms with Gasteiger partial charge in [-0.2, -0.15) is 0 Å². The van der Waals surface area contributed by atoms with E-state index in [2.05, 4.69) is 0 Å². The SMILES string of the molecule is COc1cccc(N2C(=O)[C@H]3[C@@H](c4ccc(Cl)c([N+](=O)[O-])c4)N(c4ccccc4)O[C@H]3C2=O)c1. The van der Waals surface area contributed by atoms with Crippen molar-refractivity contribution in [2.45, 2.75) is 12.1 Å². The van der Waals surface area contributed by atoms with Crippen LogP contribution in [0.3, 0.4) is 0 Å². The largest absolute Gasteiger partial charge is 0.497 e. The summed E-state index contributed by atoms with van der Waals surface area (Å²) in [5, 5.41) is 13.0. The lowest BCUT2D eigenvalue weighted by Crippen LogP contribution is -2.37. The summed E-state index contributed by atoms with van der Waals surface area (Å²) in [5.41, 5.74) is 1.10. The zero-order chi connectivity index (χ0) is 24.0. The maximum absolute atomic E-state index is 13.6. The Balaban J connectivity index is 1.61. The number of carbonyl (C=O) groups is 2. The number of hydrogen-bond acceptors (Lipinski definition) is 7. The zero-order valence-electron chi connectivity index (χ0n) is 17.8. The molecule has 10 heteroatoms. The standard InChI is InChI=1S/C24H18ClN3O6/c1-33-17-9-5-8-16(13-17)26-23(29)20-21(14-10-11-18(25)19(12-14)28(31)32)27(34-22(20)24(26)30)15-6-3-2-4-7-15/h2-13,20-22H,1H3/t20-,21+,22+/m0/s1. The van der Waals surface area contributed by atoms with E-state index in [0.717, 1.165) is 4.90 Å². The number of hydrogen-bond donors (Lipinski definition) is 0. The van der Waals surface area contributed by atoms with Crippen LogP contribution >= 0.6 is 11.6 Å². The highest BCUT2D eigenvalue weighted by molar-refractivity contribution is 6.32. The maximum Gasteiger partial charge on any atom is 0.288 e. The lowest BCUT2D eigenvalue weighted by molar-refractivity contribution is -0.384. The number of fused-ring (bicyclic) bond motifs is 1. The number of nitrogens with zero attached hydrogens (tertiary/aromatic N) is 3. The molecule has 3 aromatic carbocycles. The molecule has 2 fully saturated rings. The summed E-state index contributed by atoms with van der Waals surface area (Å²) in [5.74, 6) is -1.43. The molecule has 3 atom stereocenters. The number of carbonyl (C=O) groups excluding carboxylic acids is 2. The zero-order valence-corrected chi connectivity index (χ0v) is 18.6. The van der Waals surface area contributed by atoms with Crippen molar-refractivity contribution in [2.24, 2.45) is 5.92 Å². The van der Waals surface area contributed by atoms with Crippen molar-refractivity contribution >= 4 is 40.5 Å². The Morgan fingerprint density at radius 1 is 0.971 bits per heavy atom. The molecule has 3 aromatic rings. The molecule has 2 amide bonds. The van der Waals surface area contributed by atoms with Crippen molar-refractivity contribution in [1.29, 1.82) is 0 Å². The molecule has 0 saturated carbocycles. The van der Waals surface area contributed by atoms with Crippen molar-refractivity contribution in [2.75, 3.05) is 17.1 Å². The molecule has 0 unspecified atom stereocenters. The van der Waals surface area contributed by atoms with Crippen molar-refractivity contribution < 1.29 is 24.1 Å². The van der Waals surface area contributed by atoms with Crippen LogP contribution in [0.5, 0.6) is 5.75 Å². The van der Waals surface area contributed by atoms with Crippen LogP contribution in [0.15, 0.2) is 72.8 Å². The number of amides is 2. The molecule has 2 heterocycles. The average Bonchev–Trinajstić information content (AvgIpc) is 3.35. The van der Waals surface area contributed by atoms with Gasteiger partial charge in [-0.25, -0.2) is 9.96 Å². The molecule has 0 spiro atoms. The minimum absolute atomic E-state index is 0.0256. The summed E-state index contributed by atoms with van der Waals surface area (Å²) >= 11 is 6.02. The summed E-state index contributed by atoms with van der Waals surface area (Å²) in [6.45, 7) is 0. The van der Waals surface area contributed by atoms with Crippen LogP contribution in [0.1, 0.15) is 11.6 Å². The summed E-state index contributed by atoms with van der Waals surface area (Å²) in [7, 11) is 1.49. The van der Waals surface area contributed by atoms with Crippen molar-refractivity contribution in [3.8, 4) is 5.75 Å². The van der Waals surface area contributed by atoms with Gasteiger partial charge in [0.2, 0.25) is 5.91 Å². The third kappa shape index (κ3) is 3.46. The lowest BCUT2D eigenvalue weighted by atomic mass is 9.90. The Morgan fingerprint density at radius 2 is 1.71 bits per heavy atom. The predicted octanol–water partition coefficient (Wildman–Crippen LogP) is 4.31. The van der Waals surface area contributed by atoms with Crippen LogP contribution in [0.4, 0.5) is 17.1 Å². The second-order valence-corrected chi connectivity index (χ2v) is 8.25. The Morgan fingerprint density at radius 3 is 2.41 bits per heavy atom. The topological polar surface area (TPSA) is 102 Å². The Labute approximate surface area is 199 Å². The van der Waals surface area contributed by atoms with Gasteiger partial charge >= 0.3 is 0 Å². The fourth-order valence-electron chi connectivity index (χ4n) is 4.41. The second kappa shape index (κ2) is 8.44. The van der Waals surface area contributed by atoms with Crippen molar-refractivity contribution in [3.05, 3.63) is 93.5 Å². The summed E-state index contributed by atoms with van der Waals surface area (Å²) in [6.07, 6.45) is -1.10. The van der Waals surface area contributed by atoms with Gasteiger partial charge in [-0.1, -0.05) is 41.9 Å². The molecule has 0 aromatic heterocycles. The molecular formula is C24H18ClN3O6. The van der Waals surface area contributed by atoms with Gasteiger partial charge in [0.15, 0.2) is 6.10 Å². The number of imide groups is 1. The van der Waals surface area contributed by atoms with E-state index < -0.39 is 34.8 Å². The lowest BCUT2D eigenvalue weighted by Gasteiger charge is -2.28. The second-order valence-electron chi connectivity index (χ2n) is 7.84. The van der Waals surface area contributed by atoms with Crippen LogP contribution in [0, 0.1) is 16.0 Å². The Bertz CT molecular complexity index is 1300. The van der Waals surface area contributed by atoms with Gasteiger partial charge in [0.05, 0.1) is 29.4 Å². The minimum Gasteiger partial charge on any atom is -0.497 e. The summed E-state index contributed by atoms with van der Waals surface area (Å²) in [6, 6.07) is 19.1. The molecule has 2 aliphatic heterocycles. The molecular weight excluding hydrogens is 462 g/mol. The van der Waals surface area contributed by atoms with Crippen LogP contribution in [-0.2, 0) is 14.4 Å². The minimum atomic E-state index is -1.10. The monoisotopic (exact) mass is 479 g/mol. The van der Waals surface area contributed by atoms with E-state index in [1.165, 1.54) is 24.3 Å². The van der Waals surface area contributed by atoms with Crippen LogP contribution < -0.4 is 14.7 Å². The van der Waals surface area contributed by atoms with Crippen LogP contribution in [-0.4, -0.2) is 30.0 Å². The number of rotatable bonds is 5. The average molecular weight is 480 g/mol. The fourth-order valence-corrected chi connectivity index (χ4v) is 4.60. The normalized spacial score (nSPS) is 21.6. The van der Waals surface area contributed by atoms with Gasteiger partial charge in [-0.3, -0.25) is 24.5 Å². The predicted molar refractivity (Wildman–Crippen MR) is 124 cm³/mol. The smallest absolute Gasteiger partial charge is 0.288 e. The highest BCUT2D eigenvalue weighted by Gasteiger charge is 2.60. The first-order valence-corrected chi connectivity index (χ1v) is 10.8. The van der Waals surface area contributed by atoms with E-state index in [9.17, 15) is 19.7 Å². The molecule has 172 valence electrons. The third-order valence-electron chi connectivity index (χ3n) is 5.95. The first-order chi connectivity index (χ1) is 16.4. The van der Waals surface area contributed by atoms with Gasteiger partial charge < -0.3 is 4.74 Å². The quantitative estimate of drug-likeness (QED) is 0.305. The highest BCUT2D eigenvalue weighted by Crippen LogP contribution is 2.48. The molecule has 9 nitrogen and oxygen atoms in total. The third-order valence-corrected chi connectivity index (χ3v) is 6.27. The number of nitro groups is 1. The number of anilines is 2. The number of nitro benzene ring substituents is 1. The number of para-hydroxylation sites is 1. The molecule has 5 rings (SSSR count). The number of hydroxylamine groups is 1. The van der Waals surface area contributed by atoms with Gasteiger partial charge in [0.25, 0.3) is 11.6 Å². The molecule has 0 bridgehead atoms.